The summed E-state index contributed by atoms with van der Waals surface area (Å²) in [6, 6.07) is 8.74. The predicted octanol–water partition coefficient (Wildman–Crippen LogP) is 3.20. The molecule has 0 aliphatic carbocycles. The molecule has 0 radical (unpaired) electrons. The molecule has 1 amide bonds. The Hall–Kier alpha value is -2.14. The molecule has 0 saturated heterocycles. The van der Waals surface area contributed by atoms with E-state index in [2.05, 4.69) is 9.47 Å². The molecule has 0 bridgehead atoms. The molecule has 0 atom stereocenters. The van der Waals surface area contributed by atoms with Crippen molar-refractivity contribution < 1.29 is 9.18 Å². The molecule has 134 valence electrons. The second kappa shape index (κ2) is 7.40. The monoisotopic (exact) mass is 343 g/mol. The van der Waals surface area contributed by atoms with Gasteiger partial charge in [0.2, 0.25) is 0 Å². The summed E-state index contributed by atoms with van der Waals surface area (Å²) in [6.45, 7) is 8.04. The Kier molecular flexibility index (Phi) is 5.23. The number of benzene rings is 1. The summed E-state index contributed by atoms with van der Waals surface area (Å²) >= 11 is 0. The van der Waals surface area contributed by atoms with E-state index in [9.17, 15) is 9.18 Å². The Morgan fingerprint density at radius 2 is 1.88 bits per heavy atom. The molecule has 0 unspecified atom stereocenters. The second-order valence-corrected chi connectivity index (χ2v) is 6.63. The van der Waals surface area contributed by atoms with Crippen LogP contribution in [0.25, 0.3) is 0 Å². The lowest BCUT2D eigenvalue weighted by atomic mass is 10.1. The molecular formula is C20H26FN3O. The lowest BCUT2D eigenvalue weighted by Crippen LogP contribution is -2.32. The van der Waals surface area contributed by atoms with Crippen molar-refractivity contribution >= 4 is 5.91 Å². The molecule has 4 nitrogen and oxygen atoms in total. The quantitative estimate of drug-likeness (QED) is 0.834. The van der Waals surface area contributed by atoms with Crippen LogP contribution in [0.5, 0.6) is 0 Å². The van der Waals surface area contributed by atoms with E-state index in [1.54, 1.807) is 0 Å². The Morgan fingerprint density at radius 1 is 1.20 bits per heavy atom. The smallest absolute Gasteiger partial charge is 0.270 e. The molecule has 0 fully saturated rings. The van der Waals surface area contributed by atoms with E-state index >= 15 is 0 Å². The van der Waals surface area contributed by atoms with E-state index in [0.29, 0.717) is 0 Å². The summed E-state index contributed by atoms with van der Waals surface area (Å²) in [5, 5.41) is 0. The molecule has 0 spiro atoms. The van der Waals surface area contributed by atoms with Crippen molar-refractivity contribution in [1.29, 1.82) is 0 Å². The lowest BCUT2D eigenvalue weighted by molar-refractivity contribution is 0.0763. The molecule has 0 saturated carbocycles. The minimum absolute atomic E-state index is 0.104. The Balaban J connectivity index is 1.76. The molecular weight excluding hydrogens is 317 g/mol. The molecule has 2 aromatic rings. The summed E-state index contributed by atoms with van der Waals surface area (Å²) in [6.07, 6.45) is 0.929. The van der Waals surface area contributed by atoms with E-state index < -0.39 is 0 Å². The molecule has 2 heterocycles. The minimum atomic E-state index is -0.202. The summed E-state index contributed by atoms with van der Waals surface area (Å²) in [4.78, 5) is 16.9. The first-order chi connectivity index (χ1) is 12.0. The zero-order chi connectivity index (χ0) is 18.0. The van der Waals surface area contributed by atoms with Crippen LogP contribution < -0.4 is 0 Å². The molecule has 1 aromatic carbocycles. The van der Waals surface area contributed by atoms with Crippen molar-refractivity contribution in [2.75, 3.05) is 19.6 Å². The van der Waals surface area contributed by atoms with Gasteiger partial charge in [-0.3, -0.25) is 9.69 Å². The molecule has 0 N–H and O–H groups in total. The van der Waals surface area contributed by atoms with Crippen LogP contribution in [0.15, 0.2) is 30.3 Å². The summed E-state index contributed by atoms with van der Waals surface area (Å²) < 4.78 is 15.1. The van der Waals surface area contributed by atoms with Crippen molar-refractivity contribution in [2.24, 2.45) is 7.05 Å². The third kappa shape index (κ3) is 3.61. The van der Waals surface area contributed by atoms with Crippen molar-refractivity contribution in [3.8, 4) is 0 Å². The van der Waals surface area contributed by atoms with Gasteiger partial charge in [-0.2, -0.15) is 0 Å². The standard InChI is InChI=1S/C20H26FN3O/c1-4-24(5-2)20(25)19-12-16-14-23(11-10-18(16)22(19)3)13-15-6-8-17(21)9-7-15/h6-9,12H,4-5,10-11,13-14H2,1-3H3. The van der Waals surface area contributed by atoms with Crippen LogP contribution in [0.1, 0.15) is 41.2 Å². The van der Waals surface area contributed by atoms with Gasteiger partial charge in [0.25, 0.3) is 5.91 Å². The maximum atomic E-state index is 13.1. The highest BCUT2D eigenvalue weighted by atomic mass is 19.1. The van der Waals surface area contributed by atoms with Crippen molar-refractivity contribution in [3.63, 3.8) is 0 Å². The van der Waals surface area contributed by atoms with Gasteiger partial charge >= 0.3 is 0 Å². The normalized spacial score (nSPS) is 14.4. The van der Waals surface area contributed by atoms with E-state index in [-0.39, 0.29) is 11.7 Å². The Morgan fingerprint density at radius 3 is 2.52 bits per heavy atom. The van der Waals surface area contributed by atoms with Crippen LogP contribution >= 0.6 is 0 Å². The Labute approximate surface area is 148 Å². The zero-order valence-corrected chi connectivity index (χ0v) is 15.3. The number of fused-ring (bicyclic) bond motifs is 1. The van der Waals surface area contributed by atoms with Gasteiger partial charge in [0.1, 0.15) is 11.5 Å². The molecule has 1 aliphatic rings. The molecule has 1 aliphatic heterocycles. The number of hydrogen-bond acceptors (Lipinski definition) is 2. The fraction of sp³-hybridized carbons (Fsp3) is 0.450. The van der Waals surface area contributed by atoms with Crippen LogP contribution in [-0.4, -0.2) is 39.9 Å². The van der Waals surface area contributed by atoms with Gasteiger partial charge in [0.05, 0.1) is 0 Å². The first-order valence-corrected chi connectivity index (χ1v) is 8.97. The van der Waals surface area contributed by atoms with Crippen molar-refractivity contribution in [3.05, 3.63) is 58.7 Å². The molecule has 25 heavy (non-hydrogen) atoms. The zero-order valence-electron chi connectivity index (χ0n) is 15.3. The fourth-order valence-corrected chi connectivity index (χ4v) is 3.62. The van der Waals surface area contributed by atoms with E-state index in [0.717, 1.165) is 50.4 Å². The lowest BCUT2D eigenvalue weighted by Gasteiger charge is -2.27. The third-order valence-corrected chi connectivity index (χ3v) is 5.10. The highest BCUT2D eigenvalue weighted by molar-refractivity contribution is 5.93. The number of halogens is 1. The van der Waals surface area contributed by atoms with E-state index in [1.807, 2.05) is 44.0 Å². The van der Waals surface area contributed by atoms with Crippen LogP contribution in [0.4, 0.5) is 4.39 Å². The average Bonchev–Trinajstić information content (AvgIpc) is 2.94. The Bertz CT molecular complexity index is 747. The van der Waals surface area contributed by atoms with Gasteiger partial charge in [-0.1, -0.05) is 12.1 Å². The number of amides is 1. The van der Waals surface area contributed by atoms with Gasteiger partial charge in [-0.15, -0.1) is 0 Å². The van der Waals surface area contributed by atoms with Crippen LogP contribution in [0.3, 0.4) is 0 Å². The van der Waals surface area contributed by atoms with Crippen LogP contribution in [0.2, 0.25) is 0 Å². The highest BCUT2D eigenvalue weighted by Crippen LogP contribution is 2.24. The number of carbonyl (C=O) groups excluding carboxylic acids is 1. The molecule has 3 rings (SSSR count). The predicted molar refractivity (Wildman–Crippen MR) is 96.9 cm³/mol. The van der Waals surface area contributed by atoms with Crippen molar-refractivity contribution in [1.82, 2.24) is 14.4 Å². The second-order valence-electron chi connectivity index (χ2n) is 6.63. The summed E-state index contributed by atoms with van der Waals surface area (Å²) in [5.74, 6) is -0.0979. The average molecular weight is 343 g/mol. The number of nitrogens with zero attached hydrogens (tertiary/aromatic N) is 3. The van der Waals surface area contributed by atoms with E-state index in [4.69, 9.17) is 0 Å². The van der Waals surface area contributed by atoms with Gasteiger partial charge < -0.3 is 9.47 Å². The summed E-state index contributed by atoms with van der Waals surface area (Å²) in [7, 11) is 1.99. The van der Waals surface area contributed by atoms with Crippen LogP contribution in [-0.2, 0) is 26.6 Å². The fourth-order valence-electron chi connectivity index (χ4n) is 3.62. The SMILES string of the molecule is CCN(CC)C(=O)c1cc2c(n1C)CCN(Cc1ccc(F)cc1)C2. The first kappa shape index (κ1) is 17.7. The van der Waals surface area contributed by atoms with Gasteiger partial charge in [-0.25, -0.2) is 4.39 Å². The molecule has 5 heteroatoms. The number of carbonyl (C=O) groups is 1. The third-order valence-electron chi connectivity index (χ3n) is 5.10. The van der Waals surface area contributed by atoms with Gasteiger partial charge in [0.15, 0.2) is 0 Å². The molecule has 1 aromatic heterocycles. The van der Waals surface area contributed by atoms with Gasteiger partial charge in [-0.05, 0) is 43.2 Å². The maximum absolute atomic E-state index is 13.1. The van der Waals surface area contributed by atoms with E-state index in [1.165, 1.54) is 23.4 Å². The number of rotatable bonds is 5. The van der Waals surface area contributed by atoms with Crippen molar-refractivity contribution in [2.45, 2.75) is 33.4 Å². The largest absolute Gasteiger partial charge is 0.343 e. The van der Waals surface area contributed by atoms with Crippen LogP contribution in [0, 0.1) is 5.82 Å². The minimum Gasteiger partial charge on any atom is -0.343 e. The summed E-state index contributed by atoms with van der Waals surface area (Å²) in [5.41, 5.74) is 4.37. The number of aromatic nitrogens is 1. The maximum Gasteiger partial charge on any atom is 0.270 e. The first-order valence-electron chi connectivity index (χ1n) is 8.97. The topological polar surface area (TPSA) is 28.5 Å². The highest BCUT2D eigenvalue weighted by Gasteiger charge is 2.25. The number of hydrogen-bond donors (Lipinski definition) is 0. The van der Waals surface area contributed by atoms with Gasteiger partial charge in [0, 0.05) is 51.9 Å².